The molecule has 2 amide bonds. The summed E-state index contributed by atoms with van der Waals surface area (Å²) in [7, 11) is 0. The minimum Gasteiger partial charge on any atom is -0.339 e. The molecular weight excluding hydrogens is 684 g/mol. The summed E-state index contributed by atoms with van der Waals surface area (Å²) in [5.41, 5.74) is 5.04. The molecule has 3 fully saturated rings. The van der Waals surface area contributed by atoms with Crippen LogP contribution in [0.2, 0.25) is 0 Å². The molecule has 9 nitrogen and oxygen atoms in total. The SMILES string of the molecule is C[C@]12C[C@H](CCCCCC(=O)N3CCN(C(=O)c4cc(Cc5n[nH]c(=O)c6ccccc56)ccc4F)CC3)C3=C4CCC(=O)C=C4CC[C@H]3C1CCC2=O. The fraction of sp³-hybridized carbons (Fsp3) is 0.500. The molecule has 3 aromatic rings. The van der Waals surface area contributed by atoms with E-state index in [2.05, 4.69) is 17.1 Å². The van der Waals surface area contributed by atoms with Crippen LogP contribution in [0.25, 0.3) is 10.8 Å². The Morgan fingerprint density at radius 3 is 2.50 bits per heavy atom. The smallest absolute Gasteiger partial charge is 0.272 e. The summed E-state index contributed by atoms with van der Waals surface area (Å²) in [6.45, 7) is 3.70. The molecule has 1 aromatic heterocycles. The topological polar surface area (TPSA) is 121 Å². The third-order valence-corrected chi connectivity index (χ3v) is 13.3. The molecule has 0 radical (unpaired) electrons. The molecule has 1 unspecified atom stereocenters. The minimum atomic E-state index is -0.597. The van der Waals surface area contributed by atoms with Gasteiger partial charge in [-0.1, -0.05) is 49.6 Å². The second kappa shape index (κ2) is 14.8. The van der Waals surface area contributed by atoms with E-state index in [1.165, 1.54) is 17.2 Å². The van der Waals surface area contributed by atoms with Gasteiger partial charge in [0.25, 0.3) is 11.5 Å². The number of H-pyrrole nitrogens is 1. The van der Waals surface area contributed by atoms with Gasteiger partial charge >= 0.3 is 0 Å². The van der Waals surface area contributed by atoms with Crippen LogP contribution in [0, 0.1) is 29.0 Å². The average Bonchev–Trinajstić information content (AvgIpc) is 3.48. The van der Waals surface area contributed by atoms with Crippen molar-refractivity contribution in [3.63, 3.8) is 0 Å². The van der Waals surface area contributed by atoms with Gasteiger partial charge in [-0.3, -0.25) is 24.0 Å². The minimum absolute atomic E-state index is 0.0129. The molecule has 8 rings (SSSR count). The molecule has 1 aliphatic heterocycles. The second-order valence-corrected chi connectivity index (χ2v) is 16.4. The Labute approximate surface area is 315 Å². The van der Waals surface area contributed by atoms with Crippen LogP contribution >= 0.6 is 0 Å². The van der Waals surface area contributed by atoms with Crippen LogP contribution in [-0.2, 0) is 20.8 Å². The predicted molar refractivity (Wildman–Crippen MR) is 203 cm³/mol. The van der Waals surface area contributed by atoms with Crippen molar-refractivity contribution >= 4 is 34.2 Å². The summed E-state index contributed by atoms with van der Waals surface area (Å²) >= 11 is 0. The first-order valence-electron chi connectivity index (χ1n) is 19.9. The summed E-state index contributed by atoms with van der Waals surface area (Å²) in [6.07, 6.45) is 12.4. The number of unbranched alkanes of at least 4 members (excludes halogenated alkanes) is 2. The van der Waals surface area contributed by atoms with Gasteiger partial charge in [0.15, 0.2) is 5.78 Å². The maximum atomic E-state index is 15.0. The van der Waals surface area contributed by atoms with E-state index in [4.69, 9.17) is 0 Å². The first kappa shape index (κ1) is 36.3. The zero-order chi connectivity index (χ0) is 37.6. The number of halogens is 1. The van der Waals surface area contributed by atoms with Crippen LogP contribution in [0.1, 0.15) is 106 Å². The molecule has 4 aliphatic carbocycles. The number of fused-ring (bicyclic) bond motifs is 5. The highest BCUT2D eigenvalue weighted by Gasteiger charge is 2.56. The zero-order valence-corrected chi connectivity index (χ0v) is 31.1. The van der Waals surface area contributed by atoms with E-state index in [1.807, 2.05) is 23.1 Å². The van der Waals surface area contributed by atoms with Crippen molar-refractivity contribution < 1.29 is 23.6 Å². The van der Waals surface area contributed by atoms with E-state index in [0.29, 0.717) is 97.4 Å². The first-order chi connectivity index (χ1) is 26.1. The van der Waals surface area contributed by atoms with E-state index in [9.17, 15) is 24.0 Å². The highest BCUT2D eigenvalue weighted by atomic mass is 19.1. The van der Waals surface area contributed by atoms with Gasteiger partial charge in [0, 0.05) is 62.7 Å². The number of Topliss-reactive ketones (excluding diaryl/α,β-unsaturated/α-hetero) is 1. The van der Waals surface area contributed by atoms with Gasteiger partial charge in [-0.05, 0) is 104 Å². The largest absolute Gasteiger partial charge is 0.339 e. The molecule has 2 saturated carbocycles. The maximum Gasteiger partial charge on any atom is 0.272 e. The van der Waals surface area contributed by atoms with Crippen LogP contribution in [0.4, 0.5) is 4.39 Å². The number of carbonyl (C=O) groups is 4. The third-order valence-electron chi connectivity index (χ3n) is 13.3. The second-order valence-electron chi connectivity index (χ2n) is 16.4. The molecular formula is C44H49FN4O5. The summed E-state index contributed by atoms with van der Waals surface area (Å²) in [5, 5.41) is 7.98. The van der Waals surface area contributed by atoms with Crippen molar-refractivity contribution in [3.05, 3.63) is 98.3 Å². The molecule has 54 heavy (non-hydrogen) atoms. The number of amides is 2. The van der Waals surface area contributed by atoms with Gasteiger partial charge in [0.2, 0.25) is 5.91 Å². The van der Waals surface area contributed by atoms with E-state index >= 15 is 4.39 Å². The molecule has 1 N–H and O–H groups in total. The average molecular weight is 733 g/mol. The Kier molecular flexibility index (Phi) is 9.96. The number of rotatable bonds is 9. The Morgan fingerprint density at radius 1 is 0.907 bits per heavy atom. The monoisotopic (exact) mass is 732 g/mol. The fourth-order valence-corrected chi connectivity index (χ4v) is 10.5. The summed E-state index contributed by atoms with van der Waals surface area (Å²) < 4.78 is 15.0. The number of allylic oxidation sites excluding steroid dienone is 4. The van der Waals surface area contributed by atoms with Crippen LogP contribution < -0.4 is 5.56 Å². The molecule has 282 valence electrons. The number of ketones is 2. The number of piperazine rings is 1. The maximum absolute atomic E-state index is 15.0. The number of benzene rings is 2. The molecule has 4 atom stereocenters. The Morgan fingerprint density at radius 2 is 1.69 bits per heavy atom. The highest BCUT2D eigenvalue weighted by Crippen LogP contribution is 2.61. The number of aromatic amines is 1. The Hall–Kier alpha value is -4.73. The van der Waals surface area contributed by atoms with Gasteiger partial charge in [0.1, 0.15) is 11.6 Å². The fourth-order valence-electron chi connectivity index (χ4n) is 10.5. The number of aromatic nitrogens is 2. The quantitative estimate of drug-likeness (QED) is 0.240. The van der Waals surface area contributed by atoms with Gasteiger partial charge < -0.3 is 9.80 Å². The number of hydrogen-bond donors (Lipinski definition) is 1. The van der Waals surface area contributed by atoms with Crippen molar-refractivity contribution in [2.45, 2.75) is 90.4 Å². The van der Waals surface area contributed by atoms with Gasteiger partial charge in [-0.15, -0.1) is 0 Å². The Bertz CT molecular complexity index is 2150. The van der Waals surface area contributed by atoms with Gasteiger partial charge in [0.05, 0.1) is 16.6 Å². The summed E-state index contributed by atoms with van der Waals surface area (Å²) in [6, 6.07) is 11.7. The van der Waals surface area contributed by atoms with Crippen LogP contribution in [0.15, 0.2) is 70.1 Å². The summed E-state index contributed by atoms with van der Waals surface area (Å²) in [4.78, 5) is 67.8. The molecule has 2 aromatic carbocycles. The van der Waals surface area contributed by atoms with Gasteiger partial charge in [-0.25, -0.2) is 9.49 Å². The number of nitrogens with one attached hydrogen (secondary N) is 1. The van der Waals surface area contributed by atoms with Crippen molar-refractivity contribution in [1.82, 2.24) is 20.0 Å². The molecule has 10 heteroatoms. The lowest BCUT2D eigenvalue weighted by molar-refractivity contribution is -0.133. The molecule has 5 aliphatic rings. The van der Waals surface area contributed by atoms with Crippen LogP contribution in [-0.4, -0.2) is 69.6 Å². The lowest BCUT2D eigenvalue weighted by Crippen LogP contribution is -2.50. The standard InChI is InChI=1S/C44H49FN4O5/c1-44-26-29(41-31-15-13-30(50)25-28(31)12-14-34(41)36(44)16-18-39(44)51)7-3-2-4-10-40(52)48-19-21-49(22-20-48)43(54)35-23-27(11-17-37(35)45)24-38-32-8-5-6-9-33(32)42(53)47-46-38/h5-6,8-9,11,17,23,25,29,34,36H,2-4,7,10,12-16,18-22,24,26H2,1H3,(H,47,53)/t29-,34-,36?,44-/m0/s1. The van der Waals surface area contributed by atoms with E-state index in [0.717, 1.165) is 57.8 Å². The molecule has 0 spiro atoms. The van der Waals surface area contributed by atoms with Gasteiger partial charge in [-0.2, -0.15) is 5.10 Å². The lowest BCUT2D eigenvalue weighted by Gasteiger charge is -2.50. The molecule has 1 saturated heterocycles. The van der Waals surface area contributed by atoms with E-state index in [-0.39, 0.29) is 28.2 Å². The van der Waals surface area contributed by atoms with Crippen molar-refractivity contribution in [1.29, 1.82) is 0 Å². The third kappa shape index (κ3) is 6.77. The van der Waals surface area contributed by atoms with Crippen LogP contribution in [0.5, 0.6) is 0 Å². The highest BCUT2D eigenvalue weighted by molar-refractivity contribution is 5.95. The van der Waals surface area contributed by atoms with E-state index in [1.54, 1.807) is 34.7 Å². The zero-order valence-electron chi connectivity index (χ0n) is 31.1. The van der Waals surface area contributed by atoms with E-state index < -0.39 is 11.7 Å². The van der Waals surface area contributed by atoms with Crippen molar-refractivity contribution in [2.75, 3.05) is 26.2 Å². The molecule has 0 bridgehead atoms. The number of nitrogens with zero attached hydrogens (tertiary/aromatic N) is 3. The van der Waals surface area contributed by atoms with Crippen molar-refractivity contribution in [3.8, 4) is 0 Å². The molecule has 2 heterocycles. The predicted octanol–water partition coefficient (Wildman–Crippen LogP) is 6.89. The number of carbonyl (C=O) groups excluding carboxylic acids is 4. The normalized spacial score (nSPS) is 25.4. The summed E-state index contributed by atoms with van der Waals surface area (Å²) in [5.74, 6) is 0.992. The van der Waals surface area contributed by atoms with Crippen molar-refractivity contribution in [2.24, 2.45) is 23.2 Å². The lowest BCUT2D eigenvalue weighted by atomic mass is 9.53. The first-order valence-corrected chi connectivity index (χ1v) is 19.9. The van der Waals surface area contributed by atoms with Crippen LogP contribution in [0.3, 0.4) is 0 Å². The number of hydrogen-bond acceptors (Lipinski definition) is 6. The Balaban J connectivity index is 0.836.